The second kappa shape index (κ2) is 16.6. The van der Waals surface area contributed by atoms with E-state index in [9.17, 15) is 0 Å². The van der Waals surface area contributed by atoms with Crippen molar-refractivity contribution in [1.29, 1.82) is 0 Å². The average Bonchev–Trinajstić information content (AvgIpc) is 3.31. The van der Waals surface area contributed by atoms with Gasteiger partial charge in [-0.15, -0.1) is 0 Å². The highest BCUT2D eigenvalue weighted by Gasteiger charge is 2.58. The molecule has 0 aromatic heterocycles. The third kappa shape index (κ3) is 8.52. The first-order chi connectivity index (χ1) is 20.3. The van der Waals surface area contributed by atoms with Crippen LogP contribution in [0.2, 0.25) is 0 Å². The lowest BCUT2D eigenvalue weighted by molar-refractivity contribution is -0.0441. The fourth-order valence-electron chi connectivity index (χ4n) is 10.0. The van der Waals surface area contributed by atoms with E-state index in [1.165, 1.54) is 102 Å². The molecule has 0 heterocycles. The second-order valence-corrected chi connectivity index (χ2v) is 15.7. The fraction of sp³-hybridized carbons (Fsp3) is 0.895. The molecule has 0 spiro atoms. The molecule has 0 aromatic rings. The predicted octanol–water partition coefficient (Wildman–Crippen LogP) is 7.99. The van der Waals surface area contributed by atoms with Crippen LogP contribution in [0, 0.1) is 40.4 Å². The summed E-state index contributed by atoms with van der Waals surface area (Å²) in [4.78, 5) is 0. The molecule has 0 aromatic carbocycles. The lowest BCUT2D eigenvalue weighted by Gasteiger charge is -2.58. The van der Waals surface area contributed by atoms with Crippen LogP contribution < -0.4 is 21.7 Å². The first-order valence-electron chi connectivity index (χ1n) is 18.5. The van der Waals surface area contributed by atoms with Crippen LogP contribution in [-0.2, 0) is 0 Å². The van der Waals surface area contributed by atoms with E-state index in [0.29, 0.717) is 22.8 Å². The Bertz CT molecular complexity index is 852. The van der Waals surface area contributed by atoms with Gasteiger partial charge in [0.2, 0.25) is 0 Å². The maximum Gasteiger partial charge on any atom is 0.0105 e. The fourth-order valence-corrected chi connectivity index (χ4v) is 10.0. The number of fused-ring (bicyclic) bond motifs is 5. The zero-order valence-corrected chi connectivity index (χ0v) is 28.4. The topological polar surface area (TPSA) is 62.1 Å². The van der Waals surface area contributed by atoms with Crippen LogP contribution in [0.25, 0.3) is 0 Å². The Labute approximate surface area is 261 Å². The van der Waals surface area contributed by atoms with Gasteiger partial charge in [-0.1, -0.05) is 57.4 Å². The minimum absolute atomic E-state index is 0.472. The maximum absolute atomic E-state index is 5.54. The zero-order chi connectivity index (χ0) is 30.0. The molecule has 4 aliphatic carbocycles. The van der Waals surface area contributed by atoms with Gasteiger partial charge in [-0.05, 0) is 177 Å². The molecule has 0 bridgehead atoms. The van der Waals surface area contributed by atoms with Gasteiger partial charge in [0.15, 0.2) is 0 Å². The number of nitrogens with two attached hydrogens (primary N) is 1. The molecule has 0 amide bonds. The first-order valence-corrected chi connectivity index (χ1v) is 18.5. The van der Waals surface area contributed by atoms with Gasteiger partial charge in [0.05, 0.1) is 0 Å². The molecule has 8 unspecified atom stereocenters. The van der Waals surface area contributed by atoms with Crippen LogP contribution in [0.4, 0.5) is 0 Å². The molecule has 4 nitrogen and oxygen atoms in total. The highest BCUT2D eigenvalue weighted by Crippen LogP contribution is 2.66. The van der Waals surface area contributed by atoms with Crippen molar-refractivity contribution in [3.05, 3.63) is 23.8 Å². The molecule has 4 heteroatoms. The van der Waals surface area contributed by atoms with Crippen LogP contribution >= 0.6 is 0 Å². The van der Waals surface area contributed by atoms with E-state index < -0.39 is 0 Å². The summed E-state index contributed by atoms with van der Waals surface area (Å²) >= 11 is 0. The largest absolute Gasteiger partial charge is 0.330 e. The Morgan fingerprint density at radius 1 is 0.905 bits per heavy atom. The van der Waals surface area contributed by atoms with Crippen LogP contribution in [0.5, 0.6) is 0 Å². The summed E-state index contributed by atoms with van der Waals surface area (Å²) in [6.07, 6.45) is 24.7. The van der Waals surface area contributed by atoms with Crippen molar-refractivity contribution < 1.29 is 0 Å². The number of unbranched alkanes of at least 4 members (excludes halogenated alkanes) is 2. The minimum Gasteiger partial charge on any atom is -0.330 e. The van der Waals surface area contributed by atoms with Crippen molar-refractivity contribution in [3.8, 4) is 0 Å². The molecular formula is C38H70N4. The molecule has 4 aliphatic rings. The third-order valence-corrected chi connectivity index (χ3v) is 13.1. The van der Waals surface area contributed by atoms with Crippen molar-refractivity contribution in [3.63, 3.8) is 0 Å². The molecule has 8 atom stereocenters. The van der Waals surface area contributed by atoms with Crippen LogP contribution in [0.3, 0.4) is 0 Å². The zero-order valence-electron chi connectivity index (χ0n) is 28.4. The van der Waals surface area contributed by atoms with E-state index in [4.69, 9.17) is 5.73 Å². The van der Waals surface area contributed by atoms with Gasteiger partial charge in [-0.3, -0.25) is 0 Å². The first kappa shape index (κ1) is 34.2. The molecule has 42 heavy (non-hydrogen) atoms. The van der Waals surface area contributed by atoms with E-state index in [1.807, 2.05) is 5.57 Å². The summed E-state index contributed by atoms with van der Waals surface area (Å²) in [5.41, 5.74) is 9.82. The van der Waals surface area contributed by atoms with Gasteiger partial charge in [0.25, 0.3) is 0 Å². The Morgan fingerprint density at radius 2 is 1.64 bits per heavy atom. The maximum atomic E-state index is 5.54. The molecule has 3 fully saturated rings. The van der Waals surface area contributed by atoms with Gasteiger partial charge in [-0.2, -0.15) is 0 Å². The lowest BCUT2D eigenvalue weighted by Crippen LogP contribution is -2.51. The van der Waals surface area contributed by atoms with Crippen LogP contribution in [-0.4, -0.2) is 45.3 Å². The Kier molecular flexibility index (Phi) is 13.5. The van der Waals surface area contributed by atoms with Crippen LogP contribution in [0.1, 0.15) is 130 Å². The van der Waals surface area contributed by atoms with Crippen molar-refractivity contribution in [2.45, 2.75) is 136 Å². The number of allylic oxidation sites excluding steroid dienone is 2. The standard InChI is InChI=1S/C38H70N4/c1-29(2)30(3)12-6-7-13-31-15-17-35-34-16-14-32-28-33(18-20-38(32,5)36(34)19-21-37(31,35)4)42-27-11-26-41-24-9-8-23-40-25-10-22-39/h14,30-31,33-36,40-42H,1,6-13,15-28,39H2,2-5H3. The summed E-state index contributed by atoms with van der Waals surface area (Å²) < 4.78 is 0. The van der Waals surface area contributed by atoms with Gasteiger partial charge >= 0.3 is 0 Å². The van der Waals surface area contributed by atoms with Gasteiger partial charge in [0.1, 0.15) is 0 Å². The summed E-state index contributed by atoms with van der Waals surface area (Å²) in [7, 11) is 0. The molecule has 4 rings (SSSR count). The van der Waals surface area contributed by atoms with Gasteiger partial charge in [0, 0.05) is 6.04 Å². The van der Waals surface area contributed by atoms with Crippen molar-refractivity contribution >= 4 is 0 Å². The predicted molar refractivity (Wildman–Crippen MR) is 183 cm³/mol. The SMILES string of the molecule is C=C(C)C(C)CCCCC1CCC2C3CC=C4CC(NCCCNCCCCNCCCN)CCC4(C)C3CCC12C. The van der Waals surface area contributed by atoms with Crippen molar-refractivity contribution in [2.75, 3.05) is 39.3 Å². The summed E-state index contributed by atoms with van der Waals surface area (Å²) in [6, 6.07) is 0.692. The quantitative estimate of drug-likeness (QED) is 0.0921. The number of nitrogens with one attached hydrogen (secondary N) is 3. The lowest BCUT2D eigenvalue weighted by atomic mass is 9.47. The number of rotatable bonds is 19. The summed E-state index contributed by atoms with van der Waals surface area (Å²) in [6.45, 7) is 20.6. The molecule has 3 saturated carbocycles. The molecule has 242 valence electrons. The molecule has 0 radical (unpaired) electrons. The van der Waals surface area contributed by atoms with E-state index in [-0.39, 0.29) is 0 Å². The third-order valence-electron chi connectivity index (χ3n) is 13.1. The van der Waals surface area contributed by atoms with Crippen LogP contribution in [0.15, 0.2) is 23.8 Å². The van der Waals surface area contributed by atoms with Gasteiger partial charge < -0.3 is 21.7 Å². The molecule has 0 aliphatic heterocycles. The Hall–Kier alpha value is -0.680. The van der Waals surface area contributed by atoms with E-state index >= 15 is 0 Å². The Balaban J connectivity index is 1.16. The van der Waals surface area contributed by atoms with Crippen molar-refractivity contribution in [2.24, 2.45) is 46.2 Å². The normalized spacial score (nSPS) is 34.8. The summed E-state index contributed by atoms with van der Waals surface area (Å²) in [5, 5.41) is 11.1. The highest BCUT2D eigenvalue weighted by atomic mass is 14.9. The second-order valence-electron chi connectivity index (χ2n) is 15.7. The van der Waals surface area contributed by atoms with Crippen molar-refractivity contribution in [1.82, 2.24) is 16.0 Å². The molecule has 0 saturated heterocycles. The number of hydrogen-bond acceptors (Lipinski definition) is 4. The smallest absolute Gasteiger partial charge is 0.0105 e. The average molecular weight is 583 g/mol. The highest BCUT2D eigenvalue weighted by molar-refractivity contribution is 5.26. The monoisotopic (exact) mass is 583 g/mol. The van der Waals surface area contributed by atoms with E-state index in [1.54, 1.807) is 0 Å². The Morgan fingerprint density at radius 3 is 2.38 bits per heavy atom. The van der Waals surface area contributed by atoms with E-state index in [2.05, 4.69) is 56.3 Å². The minimum atomic E-state index is 0.472. The van der Waals surface area contributed by atoms with E-state index in [0.717, 1.165) is 69.4 Å². The summed E-state index contributed by atoms with van der Waals surface area (Å²) in [5.74, 6) is 4.52. The molecular weight excluding hydrogens is 512 g/mol. The molecule has 5 N–H and O–H groups in total. The van der Waals surface area contributed by atoms with Gasteiger partial charge in [-0.25, -0.2) is 0 Å². The number of hydrogen-bond donors (Lipinski definition) is 4.